The van der Waals surface area contributed by atoms with E-state index >= 15 is 0 Å². The van der Waals surface area contributed by atoms with E-state index in [1.165, 1.54) is 6.07 Å². The van der Waals surface area contributed by atoms with Gasteiger partial charge in [0.1, 0.15) is 11.0 Å². The summed E-state index contributed by atoms with van der Waals surface area (Å²) in [5.74, 6) is -0.481. The van der Waals surface area contributed by atoms with Gasteiger partial charge in [-0.15, -0.1) is 5.10 Å². The highest BCUT2D eigenvalue weighted by molar-refractivity contribution is 5.95. The highest BCUT2D eigenvalue weighted by atomic mass is 19.4. The Morgan fingerprint density at radius 3 is 2.61 bits per heavy atom. The predicted octanol–water partition coefficient (Wildman–Crippen LogP) is 3.67. The third-order valence-corrected chi connectivity index (χ3v) is 4.09. The number of hydrogen-bond acceptors (Lipinski definition) is 4. The Balaban J connectivity index is 1.46. The zero-order chi connectivity index (χ0) is 19.7. The first-order chi connectivity index (χ1) is 13.4. The van der Waals surface area contributed by atoms with Crippen molar-refractivity contribution < 1.29 is 22.8 Å². The van der Waals surface area contributed by atoms with E-state index in [-0.39, 0.29) is 11.0 Å². The standard InChI is InChI=1S/C19H13F3N4O2/c20-19(21,22)14-6-8-16-17(10-14)26(25-24-16)28-11-18(27)23-15-7-5-12-3-1-2-4-13(12)9-15/h1-10H,11H2,(H,23,27). The summed E-state index contributed by atoms with van der Waals surface area (Å²) >= 11 is 0. The largest absolute Gasteiger partial charge is 0.416 e. The summed E-state index contributed by atoms with van der Waals surface area (Å²) in [6.45, 7) is -0.443. The van der Waals surface area contributed by atoms with E-state index in [4.69, 9.17) is 4.84 Å². The summed E-state index contributed by atoms with van der Waals surface area (Å²) in [5, 5.41) is 12.0. The molecule has 1 N–H and O–H groups in total. The van der Waals surface area contributed by atoms with Crippen LogP contribution in [-0.4, -0.2) is 27.7 Å². The van der Waals surface area contributed by atoms with Crippen molar-refractivity contribution >= 4 is 33.4 Å². The first-order valence-electron chi connectivity index (χ1n) is 8.25. The molecule has 0 radical (unpaired) electrons. The van der Waals surface area contributed by atoms with E-state index in [1.54, 1.807) is 6.07 Å². The van der Waals surface area contributed by atoms with E-state index in [9.17, 15) is 18.0 Å². The molecule has 0 spiro atoms. The lowest BCUT2D eigenvalue weighted by Crippen LogP contribution is -2.26. The molecule has 0 atom stereocenters. The van der Waals surface area contributed by atoms with E-state index in [2.05, 4.69) is 15.6 Å². The van der Waals surface area contributed by atoms with Crippen molar-refractivity contribution in [1.82, 2.24) is 15.2 Å². The minimum absolute atomic E-state index is 0.0216. The molecule has 0 aliphatic heterocycles. The van der Waals surface area contributed by atoms with Gasteiger partial charge in [-0.3, -0.25) is 4.79 Å². The first-order valence-corrected chi connectivity index (χ1v) is 8.25. The van der Waals surface area contributed by atoms with Crippen molar-refractivity contribution in [3.05, 3.63) is 66.2 Å². The Bertz CT molecular complexity index is 1170. The van der Waals surface area contributed by atoms with Crippen LogP contribution in [0.4, 0.5) is 18.9 Å². The third kappa shape index (κ3) is 3.59. The molecular weight excluding hydrogens is 373 g/mol. The molecular formula is C19H13F3N4O2. The average molecular weight is 386 g/mol. The van der Waals surface area contributed by atoms with Crippen LogP contribution in [0.25, 0.3) is 21.8 Å². The van der Waals surface area contributed by atoms with E-state index in [0.717, 1.165) is 27.8 Å². The maximum atomic E-state index is 12.9. The number of fused-ring (bicyclic) bond motifs is 2. The summed E-state index contributed by atoms with van der Waals surface area (Å²) in [5.41, 5.74) is -0.0286. The van der Waals surface area contributed by atoms with Crippen LogP contribution in [-0.2, 0) is 11.0 Å². The van der Waals surface area contributed by atoms with E-state index in [1.807, 2.05) is 36.4 Å². The molecule has 0 aliphatic carbocycles. The molecule has 1 heterocycles. The van der Waals surface area contributed by atoms with Gasteiger partial charge < -0.3 is 10.2 Å². The van der Waals surface area contributed by atoms with Crippen LogP contribution < -0.4 is 10.2 Å². The van der Waals surface area contributed by atoms with Crippen LogP contribution in [0.5, 0.6) is 0 Å². The van der Waals surface area contributed by atoms with Crippen molar-refractivity contribution in [2.24, 2.45) is 0 Å². The highest BCUT2D eigenvalue weighted by Gasteiger charge is 2.31. The van der Waals surface area contributed by atoms with Gasteiger partial charge in [0.15, 0.2) is 6.61 Å². The van der Waals surface area contributed by atoms with Gasteiger partial charge >= 0.3 is 6.18 Å². The maximum Gasteiger partial charge on any atom is 0.416 e. The van der Waals surface area contributed by atoms with Crippen molar-refractivity contribution in [3.8, 4) is 0 Å². The molecule has 0 bridgehead atoms. The van der Waals surface area contributed by atoms with Crippen molar-refractivity contribution in [2.75, 3.05) is 11.9 Å². The number of alkyl halides is 3. The maximum absolute atomic E-state index is 12.9. The van der Waals surface area contributed by atoms with Gasteiger partial charge in [0.2, 0.25) is 0 Å². The van der Waals surface area contributed by atoms with Crippen LogP contribution in [0.1, 0.15) is 5.56 Å². The molecule has 3 aromatic carbocycles. The second kappa shape index (κ2) is 6.84. The van der Waals surface area contributed by atoms with E-state index < -0.39 is 24.3 Å². The second-order valence-corrected chi connectivity index (χ2v) is 6.05. The van der Waals surface area contributed by atoms with Crippen LogP contribution in [0.3, 0.4) is 0 Å². The molecule has 6 nitrogen and oxygen atoms in total. The van der Waals surface area contributed by atoms with E-state index in [0.29, 0.717) is 5.69 Å². The van der Waals surface area contributed by atoms with Crippen LogP contribution >= 0.6 is 0 Å². The smallest absolute Gasteiger partial charge is 0.385 e. The molecule has 4 rings (SSSR count). The number of amides is 1. The minimum Gasteiger partial charge on any atom is -0.385 e. The average Bonchev–Trinajstić information content (AvgIpc) is 3.08. The second-order valence-electron chi connectivity index (χ2n) is 6.05. The molecule has 0 fully saturated rings. The predicted molar refractivity (Wildman–Crippen MR) is 96.6 cm³/mol. The summed E-state index contributed by atoms with van der Waals surface area (Å²) < 4.78 is 38.6. The number of carbonyl (C=O) groups excluding carboxylic acids is 1. The molecule has 28 heavy (non-hydrogen) atoms. The van der Waals surface area contributed by atoms with Crippen molar-refractivity contribution in [2.45, 2.75) is 6.18 Å². The zero-order valence-electron chi connectivity index (χ0n) is 14.3. The summed E-state index contributed by atoms with van der Waals surface area (Å²) in [4.78, 5) is 18.2. The lowest BCUT2D eigenvalue weighted by Gasteiger charge is -2.09. The van der Waals surface area contributed by atoms with Crippen LogP contribution in [0.2, 0.25) is 0 Å². The first kappa shape index (κ1) is 17.8. The number of rotatable bonds is 4. The lowest BCUT2D eigenvalue weighted by molar-refractivity contribution is -0.137. The SMILES string of the molecule is O=C(COn1nnc2ccc(C(F)(F)F)cc21)Nc1ccc2ccccc2c1. The quantitative estimate of drug-likeness (QED) is 0.581. The molecule has 142 valence electrons. The monoisotopic (exact) mass is 386 g/mol. The number of hydrogen-bond donors (Lipinski definition) is 1. The fourth-order valence-electron chi connectivity index (χ4n) is 2.75. The Morgan fingerprint density at radius 2 is 1.82 bits per heavy atom. The fourth-order valence-corrected chi connectivity index (χ4v) is 2.75. The molecule has 9 heteroatoms. The minimum atomic E-state index is -4.50. The highest BCUT2D eigenvalue weighted by Crippen LogP contribution is 2.30. The number of benzene rings is 3. The topological polar surface area (TPSA) is 69.0 Å². The van der Waals surface area contributed by atoms with Gasteiger partial charge in [0, 0.05) is 5.69 Å². The Morgan fingerprint density at radius 1 is 1.04 bits per heavy atom. The van der Waals surface area contributed by atoms with Gasteiger partial charge in [0.25, 0.3) is 5.91 Å². The van der Waals surface area contributed by atoms with Crippen LogP contribution in [0.15, 0.2) is 60.7 Å². The number of nitrogens with zero attached hydrogens (tertiary/aromatic N) is 3. The van der Waals surface area contributed by atoms with Gasteiger partial charge in [-0.25, -0.2) is 0 Å². The Labute approximate surface area is 156 Å². The number of carbonyl (C=O) groups is 1. The molecule has 0 unspecified atom stereocenters. The summed E-state index contributed by atoms with van der Waals surface area (Å²) in [6.07, 6.45) is -4.50. The molecule has 0 saturated heterocycles. The number of anilines is 1. The van der Waals surface area contributed by atoms with Crippen LogP contribution in [0, 0.1) is 0 Å². The third-order valence-electron chi connectivity index (χ3n) is 4.09. The summed E-state index contributed by atoms with van der Waals surface area (Å²) in [7, 11) is 0. The van der Waals surface area contributed by atoms with Crippen molar-refractivity contribution in [1.29, 1.82) is 0 Å². The van der Waals surface area contributed by atoms with Crippen molar-refractivity contribution in [3.63, 3.8) is 0 Å². The normalized spacial score (nSPS) is 11.7. The number of nitrogens with one attached hydrogen (secondary N) is 1. The molecule has 0 aliphatic rings. The number of aromatic nitrogens is 3. The van der Waals surface area contributed by atoms with Gasteiger partial charge in [-0.2, -0.15) is 13.2 Å². The van der Waals surface area contributed by atoms with Gasteiger partial charge in [0.05, 0.1) is 5.56 Å². The fraction of sp³-hybridized carbons (Fsp3) is 0.105. The Kier molecular flexibility index (Phi) is 4.34. The van der Waals surface area contributed by atoms with Gasteiger partial charge in [-0.1, -0.05) is 35.2 Å². The summed E-state index contributed by atoms with van der Waals surface area (Å²) in [6, 6.07) is 16.1. The zero-order valence-corrected chi connectivity index (χ0v) is 14.3. The lowest BCUT2D eigenvalue weighted by atomic mass is 10.1. The molecule has 1 amide bonds. The van der Waals surface area contributed by atoms with Gasteiger partial charge in [-0.05, 0) is 46.3 Å². The molecule has 4 aromatic rings. The number of halogens is 3. The molecule has 1 aromatic heterocycles. The molecule has 0 saturated carbocycles. The Hall–Kier alpha value is -3.62.